The van der Waals surface area contributed by atoms with E-state index in [4.69, 9.17) is 0 Å². The van der Waals surface area contributed by atoms with E-state index in [1.54, 1.807) is 12.1 Å². The van der Waals surface area contributed by atoms with Gasteiger partial charge >= 0.3 is 0 Å². The van der Waals surface area contributed by atoms with E-state index in [9.17, 15) is 9.18 Å². The molecule has 0 unspecified atom stereocenters. The van der Waals surface area contributed by atoms with Gasteiger partial charge in [0, 0.05) is 12.5 Å². The average Bonchev–Trinajstić information content (AvgIpc) is 3.26. The highest BCUT2D eigenvalue weighted by Gasteiger charge is 2.30. The molecule has 4 rings (SSSR count). The number of nitrogens with zero attached hydrogens (tertiary/aromatic N) is 4. The SMILES string of the molecule is C=CCn1c(SCC(=O)Nc2nc3ccc(F)cc3s2)nnc1C1CC1. The van der Waals surface area contributed by atoms with Crippen LogP contribution in [0.25, 0.3) is 10.2 Å². The van der Waals surface area contributed by atoms with Gasteiger partial charge in [-0.15, -0.1) is 16.8 Å². The van der Waals surface area contributed by atoms with Crippen LogP contribution >= 0.6 is 23.1 Å². The van der Waals surface area contributed by atoms with Crippen LogP contribution in [0.2, 0.25) is 0 Å². The number of benzene rings is 1. The molecule has 1 amide bonds. The number of anilines is 1. The number of hydrogen-bond donors (Lipinski definition) is 1. The van der Waals surface area contributed by atoms with E-state index in [0.717, 1.165) is 18.7 Å². The number of thiazole rings is 1. The lowest BCUT2D eigenvalue weighted by Gasteiger charge is -2.06. The summed E-state index contributed by atoms with van der Waals surface area (Å²) in [4.78, 5) is 16.5. The van der Waals surface area contributed by atoms with Crippen molar-refractivity contribution >= 4 is 44.4 Å². The second-order valence-electron chi connectivity index (χ2n) is 5.98. The Morgan fingerprint density at radius 1 is 1.46 bits per heavy atom. The maximum atomic E-state index is 13.2. The fourth-order valence-corrected chi connectivity index (χ4v) is 4.25. The topological polar surface area (TPSA) is 72.7 Å². The maximum Gasteiger partial charge on any atom is 0.236 e. The summed E-state index contributed by atoms with van der Waals surface area (Å²) in [6, 6.07) is 4.37. The zero-order valence-corrected chi connectivity index (χ0v) is 15.4. The summed E-state index contributed by atoms with van der Waals surface area (Å²) >= 11 is 2.59. The summed E-state index contributed by atoms with van der Waals surface area (Å²) in [5.41, 5.74) is 0.666. The number of aromatic nitrogens is 4. The third-order valence-electron chi connectivity index (χ3n) is 3.93. The molecule has 1 saturated carbocycles. The molecule has 2 heterocycles. The highest BCUT2D eigenvalue weighted by Crippen LogP contribution is 2.40. The molecule has 1 fully saturated rings. The standard InChI is InChI=1S/C17H16FN5OS2/c1-2-7-23-15(10-3-4-10)21-22-17(23)25-9-14(24)20-16-19-12-6-5-11(18)8-13(12)26-16/h2,5-6,8,10H,1,3-4,7,9H2,(H,19,20,24). The zero-order valence-electron chi connectivity index (χ0n) is 13.8. The predicted molar refractivity (Wildman–Crippen MR) is 101 cm³/mol. The number of allylic oxidation sites excluding steroid dienone is 1. The van der Waals surface area contributed by atoms with Crippen molar-refractivity contribution in [1.82, 2.24) is 19.7 Å². The van der Waals surface area contributed by atoms with E-state index in [1.165, 1.54) is 35.2 Å². The highest BCUT2D eigenvalue weighted by atomic mass is 32.2. The molecule has 0 radical (unpaired) electrons. The fourth-order valence-electron chi connectivity index (χ4n) is 2.59. The summed E-state index contributed by atoms with van der Waals surface area (Å²) in [5.74, 6) is 1.15. The van der Waals surface area contributed by atoms with Crippen molar-refractivity contribution in [3.05, 3.63) is 42.5 Å². The van der Waals surface area contributed by atoms with Gasteiger partial charge in [-0.3, -0.25) is 4.79 Å². The Balaban J connectivity index is 1.41. The number of carbonyl (C=O) groups is 1. The number of nitrogens with one attached hydrogen (secondary N) is 1. The molecule has 0 aliphatic heterocycles. The Kier molecular flexibility index (Phi) is 4.73. The van der Waals surface area contributed by atoms with E-state index in [-0.39, 0.29) is 17.5 Å². The molecule has 3 aromatic rings. The molecule has 1 N–H and O–H groups in total. The Labute approximate surface area is 157 Å². The molecule has 1 aromatic carbocycles. The molecule has 0 saturated heterocycles. The minimum atomic E-state index is -0.317. The van der Waals surface area contributed by atoms with E-state index < -0.39 is 0 Å². The van der Waals surface area contributed by atoms with Crippen LogP contribution in [0.3, 0.4) is 0 Å². The van der Waals surface area contributed by atoms with Gasteiger partial charge in [-0.05, 0) is 31.0 Å². The van der Waals surface area contributed by atoms with Gasteiger partial charge in [0.2, 0.25) is 5.91 Å². The normalized spacial score (nSPS) is 13.9. The van der Waals surface area contributed by atoms with Gasteiger partial charge in [0.1, 0.15) is 11.6 Å². The smallest absolute Gasteiger partial charge is 0.236 e. The van der Waals surface area contributed by atoms with Gasteiger partial charge in [0.05, 0.1) is 16.0 Å². The third kappa shape index (κ3) is 3.63. The number of hydrogen-bond acceptors (Lipinski definition) is 6. The van der Waals surface area contributed by atoms with E-state index in [0.29, 0.717) is 33.0 Å². The van der Waals surface area contributed by atoms with Crippen molar-refractivity contribution in [2.45, 2.75) is 30.5 Å². The van der Waals surface area contributed by atoms with Crippen molar-refractivity contribution in [1.29, 1.82) is 0 Å². The lowest BCUT2D eigenvalue weighted by Crippen LogP contribution is -2.14. The largest absolute Gasteiger partial charge is 0.302 e. The molecule has 2 aromatic heterocycles. The molecule has 6 nitrogen and oxygen atoms in total. The quantitative estimate of drug-likeness (QED) is 0.491. The Morgan fingerprint density at radius 2 is 2.31 bits per heavy atom. The second kappa shape index (κ2) is 7.16. The average molecular weight is 389 g/mol. The summed E-state index contributed by atoms with van der Waals surface area (Å²) in [7, 11) is 0. The minimum Gasteiger partial charge on any atom is -0.302 e. The first kappa shape index (κ1) is 17.2. The Bertz CT molecular complexity index is 979. The molecular formula is C17H16FN5OS2. The van der Waals surface area contributed by atoms with Crippen LogP contribution in [0.4, 0.5) is 9.52 Å². The van der Waals surface area contributed by atoms with E-state index in [2.05, 4.69) is 27.1 Å². The van der Waals surface area contributed by atoms with Gasteiger partial charge in [0.25, 0.3) is 0 Å². The molecule has 1 aliphatic rings. The Hall–Kier alpha value is -2.26. The molecular weight excluding hydrogens is 373 g/mol. The second-order valence-corrected chi connectivity index (χ2v) is 7.96. The number of fused-ring (bicyclic) bond motifs is 1. The predicted octanol–water partition coefficient (Wildman–Crippen LogP) is 3.82. The van der Waals surface area contributed by atoms with Gasteiger partial charge in [-0.2, -0.15) is 0 Å². The lowest BCUT2D eigenvalue weighted by molar-refractivity contribution is -0.113. The van der Waals surface area contributed by atoms with Crippen molar-refractivity contribution in [3.8, 4) is 0 Å². The first-order valence-corrected chi connectivity index (χ1v) is 9.97. The van der Waals surface area contributed by atoms with Crippen molar-refractivity contribution < 1.29 is 9.18 Å². The number of carbonyl (C=O) groups excluding carboxylic acids is 1. The monoisotopic (exact) mass is 389 g/mol. The molecule has 134 valence electrons. The van der Waals surface area contributed by atoms with Gasteiger partial charge in [-0.1, -0.05) is 29.2 Å². The van der Waals surface area contributed by atoms with Gasteiger partial charge in [0.15, 0.2) is 10.3 Å². The van der Waals surface area contributed by atoms with Crippen LogP contribution in [0.1, 0.15) is 24.6 Å². The van der Waals surface area contributed by atoms with Gasteiger partial charge in [-0.25, -0.2) is 9.37 Å². The van der Waals surface area contributed by atoms with Crippen LogP contribution in [0.15, 0.2) is 36.0 Å². The molecule has 9 heteroatoms. The number of thioether (sulfide) groups is 1. The van der Waals surface area contributed by atoms with Crippen molar-refractivity contribution in [2.24, 2.45) is 0 Å². The van der Waals surface area contributed by atoms with E-state index >= 15 is 0 Å². The number of amides is 1. The fraction of sp³-hybridized carbons (Fsp3) is 0.294. The van der Waals surface area contributed by atoms with Crippen molar-refractivity contribution in [3.63, 3.8) is 0 Å². The summed E-state index contributed by atoms with van der Waals surface area (Å²) < 4.78 is 16.0. The van der Waals surface area contributed by atoms with E-state index in [1.807, 2.05) is 4.57 Å². The van der Waals surface area contributed by atoms with Gasteiger partial charge < -0.3 is 9.88 Å². The Morgan fingerprint density at radius 3 is 3.08 bits per heavy atom. The first-order valence-electron chi connectivity index (χ1n) is 8.17. The minimum absolute atomic E-state index is 0.185. The van der Waals surface area contributed by atoms with Crippen LogP contribution < -0.4 is 5.32 Å². The maximum absolute atomic E-state index is 13.2. The molecule has 0 atom stereocenters. The number of halogens is 1. The van der Waals surface area contributed by atoms with Crippen LogP contribution in [-0.2, 0) is 11.3 Å². The lowest BCUT2D eigenvalue weighted by atomic mass is 10.3. The molecule has 26 heavy (non-hydrogen) atoms. The van der Waals surface area contributed by atoms with Crippen LogP contribution in [0.5, 0.6) is 0 Å². The molecule has 1 aliphatic carbocycles. The summed E-state index contributed by atoms with van der Waals surface area (Å²) in [5, 5.41) is 12.4. The third-order valence-corrected chi connectivity index (χ3v) is 5.83. The van der Waals surface area contributed by atoms with Crippen LogP contribution in [0, 0.1) is 5.82 Å². The summed E-state index contributed by atoms with van der Waals surface area (Å²) in [6.45, 7) is 4.41. The van der Waals surface area contributed by atoms with Crippen molar-refractivity contribution in [2.75, 3.05) is 11.1 Å². The van der Waals surface area contributed by atoms with Crippen LogP contribution in [-0.4, -0.2) is 31.4 Å². The summed E-state index contributed by atoms with van der Waals surface area (Å²) in [6.07, 6.45) is 4.08. The molecule has 0 spiro atoms. The first-order chi connectivity index (χ1) is 12.6. The molecule has 0 bridgehead atoms. The highest BCUT2D eigenvalue weighted by molar-refractivity contribution is 7.99. The number of rotatable bonds is 7. The zero-order chi connectivity index (χ0) is 18.1.